The van der Waals surface area contributed by atoms with Crippen LogP contribution in [0.1, 0.15) is 72.1 Å². The van der Waals surface area contributed by atoms with Crippen LogP contribution in [0.5, 0.6) is 0 Å². The highest BCUT2D eigenvalue weighted by atomic mass is 19.1. The van der Waals surface area contributed by atoms with Gasteiger partial charge in [-0.25, -0.2) is 4.39 Å². The number of halogens is 1. The number of fused-ring (bicyclic) bond motifs is 5. The summed E-state index contributed by atoms with van der Waals surface area (Å²) in [7, 11) is 0. The Bertz CT molecular complexity index is 628. The zero-order chi connectivity index (χ0) is 18.0. The van der Waals surface area contributed by atoms with E-state index in [1.807, 2.05) is 6.92 Å². The van der Waals surface area contributed by atoms with Crippen molar-refractivity contribution in [2.45, 2.75) is 83.9 Å². The third-order valence-electron chi connectivity index (χ3n) is 9.01. The summed E-state index contributed by atoms with van der Waals surface area (Å²) in [6.45, 7) is 6.63. The van der Waals surface area contributed by atoms with Gasteiger partial charge in [0.25, 0.3) is 0 Å². The number of hydrogen-bond donors (Lipinski definition) is 1. The van der Waals surface area contributed by atoms with Crippen molar-refractivity contribution in [2.75, 3.05) is 0 Å². The molecule has 3 saturated carbocycles. The van der Waals surface area contributed by atoms with Gasteiger partial charge in [0.15, 0.2) is 0 Å². The first-order valence-corrected chi connectivity index (χ1v) is 10.3. The van der Waals surface area contributed by atoms with Crippen LogP contribution < -0.4 is 0 Å². The van der Waals surface area contributed by atoms with Gasteiger partial charge in [0, 0.05) is 12.3 Å². The maximum absolute atomic E-state index is 14.0. The largest absolute Gasteiger partial charge is 0.378 e. The van der Waals surface area contributed by atoms with Gasteiger partial charge in [0.05, 0.1) is 0 Å². The average Bonchev–Trinajstić information content (AvgIpc) is 2.93. The average molecular weight is 345 g/mol. The summed E-state index contributed by atoms with van der Waals surface area (Å²) in [4.78, 5) is 0. The zero-order valence-electron chi connectivity index (χ0n) is 16.0. The molecular weight excluding hydrogens is 311 g/mol. The molecule has 0 aliphatic heterocycles. The minimum atomic E-state index is -0.998. The van der Waals surface area contributed by atoms with Gasteiger partial charge in [-0.05, 0) is 80.5 Å². The lowest BCUT2D eigenvalue weighted by Crippen LogP contribution is -2.52. The minimum Gasteiger partial charge on any atom is -0.378 e. The molecule has 0 radical (unpaired) electrons. The standard InChI is InChI=1S/C23H33FO/c1-5-23(4,25)20-9-8-18-17-7-6-15-14-16(24)10-12-21(15,2)19(17)11-13-22(18,20)3/h1,6,16-20,25H,7-14H2,2-4H3/t16-,17?,18?,19?,20-,21-,22-,23?/m0/s1. The molecule has 0 bridgehead atoms. The van der Waals surface area contributed by atoms with Crippen LogP contribution in [0.3, 0.4) is 0 Å². The van der Waals surface area contributed by atoms with Crippen molar-refractivity contribution >= 4 is 0 Å². The lowest BCUT2D eigenvalue weighted by molar-refractivity contribution is -0.0808. The highest BCUT2D eigenvalue weighted by Crippen LogP contribution is 2.67. The summed E-state index contributed by atoms with van der Waals surface area (Å²) in [5.41, 5.74) is 0.763. The maximum Gasteiger partial charge on any atom is 0.125 e. The molecule has 4 unspecified atom stereocenters. The van der Waals surface area contributed by atoms with Crippen molar-refractivity contribution in [1.82, 2.24) is 0 Å². The van der Waals surface area contributed by atoms with Gasteiger partial charge in [-0.1, -0.05) is 31.4 Å². The number of allylic oxidation sites excluding steroid dienone is 2. The van der Waals surface area contributed by atoms with E-state index in [-0.39, 0.29) is 16.7 Å². The Hall–Kier alpha value is -0.810. The van der Waals surface area contributed by atoms with Crippen molar-refractivity contribution in [3.63, 3.8) is 0 Å². The summed E-state index contributed by atoms with van der Waals surface area (Å²) >= 11 is 0. The Morgan fingerprint density at radius 3 is 2.68 bits per heavy atom. The molecule has 1 N–H and O–H groups in total. The van der Waals surface area contributed by atoms with Crippen LogP contribution in [-0.4, -0.2) is 16.9 Å². The molecule has 4 aliphatic carbocycles. The molecule has 0 heterocycles. The van der Waals surface area contributed by atoms with Crippen molar-refractivity contribution in [3.8, 4) is 12.3 Å². The second kappa shape index (κ2) is 5.59. The van der Waals surface area contributed by atoms with E-state index in [2.05, 4.69) is 25.8 Å². The van der Waals surface area contributed by atoms with Gasteiger partial charge in [0.1, 0.15) is 11.8 Å². The molecule has 0 amide bonds. The first-order chi connectivity index (χ1) is 11.7. The molecular formula is C23H33FO. The molecule has 138 valence electrons. The van der Waals surface area contributed by atoms with Gasteiger partial charge in [-0.3, -0.25) is 0 Å². The fraction of sp³-hybridized carbons (Fsp3) is 0.826. The second-order valence-corrected chi connectivity index (χ2v) is 10.1. The van der Waals surface area contributed by atoms with E-state index < -0.39 is 11.8 Å². The molecule has 8 atom stereocenters. The summed E-state index contributed by atoms with van der Waals surface area (Å²) in [6, 6.07) is 0. The predicted molar refractivity (Wildman–Crippen MR) is 99.5 cm³/mol. The minimum absolute atomic E-state index is 0.149. The maximum atomic E-state index is 14.0. The van der Waals surface area contributed by atoms with Gasteiger partial charge in [-0.15, -0.1) is 6.42 Å². The van der Waals surface area contributed by atoms with Crippen molar-refractivity contribution < 1.29 is 9.50 Å². The van der Waals surface area contributed by atoms with E-state index in [1.54, 1.807) is 0 Å². The molecule has 0 aromatic rings. The number of terminal acetylenes is 1. The first-order valence-electron chi connectivity index (χ1n) is 10.3. The highest BCUT2D eigenvalue weighted by molar-refractivity contribution is 5.26. The molecule has 0 saturated heterocycles. The van der Waals surface area contributed by atoms with Crippen molar-refractivity contribution in [3.05, 3.63) is 11.6 Å². The Morgan fingerprint density at radius 1 is 1.20 bits per heavy atom. The topological polar surface area (TPSA) is 20.2 Å². The fourth-order valence-electron chi connectivity index (χ4n) is 7.64. The second-order valence-electron chi connectivity index (χ2n) is 10.1. The van der Waals surface area contributed by atoms with Crippen LogP contribution in [-0.2, 0) is 0 Å². The highest BCUT2D eigenvalue weighted by Gasteiger charge is 2.61. The Kier molecular flexibility index (Phi) is 3.94. The fourth-order valence-corrected chi connectivity index (χ4v) is 7.64. The molecule has 0 aromatic carbocycles. The van der Waals surface area contributed by atoms with Gasteiger partial charge in [-0.2, -0.15) is 0 Å². The van der Waals surface area contributed by atoms with Crippen LogP contribution >= 0.6 is 0 Å². The van der Waals surface area contributed by atoms with Crippen LogP contribution in [0.2, 0.25) is 0 Å². The number of hydrogen-bond acceptors (Lipinski definition) is 1. The van der Waals surface area contributed by atoms with Gasteiger partial charge < -0.3 is 5.11 Å². The molecule has 2 heteroatoms. The quantitative estimate of drug-likeness (QED) is 0.506. The normalized spacial score (nSPS) is 51.4. The molecule has 0 spiro atoms. The number of aliphatic hydroxyl groups is 1. The zero-order valence-corrected chi connectivity index (χ0v) is 16.0. The van der Waals surface area contributed by atoms with Crippen LogP contribution in [0, 0.1) is 46.8 Å². The molecule has 1 nitrogen and oxygen atoms in total. The van der Waals surface area contributed by atoms with Crippen LogP contribution in [0.4, 0.5) is 4.39 Å². The van der Waals surface area contributed by atoms with Crippen LogP contribution in [0.15, 0.2) is 11.6 Å². The number of rotatable bonds is 1. The monoisotopic (exact) mass is 344 g/mol. The van der Waals surface area contributed by atoms with E-state index in [0.717, 1.165) is 32.1 Å². The molecule has 4 aliphatic rings. The van der Waals surface area contributed by atoms with E-state index in [4.69, 9.17) is 6.42 Å². The first kappa shape index (κ1) is 17.6. The Morgan fingerprint density at radius 2 is 1.96 bits per heavy atom. The van der Waals surface area contributed by atoms with Crippen molar-refractivity contribution in [2.24, 2.45) is 34.5 Å². The van der Waals surface area contributed by atoms with Crippen molar-refractivity contribution in [1.29, 1.82) is 0 Å². The number of alkyl halides is 1. The van der Waals surface area contributed by atoms with E-state index in [9.17, 15) is 9.50 Å². The molecule has 4 rings (SSSR count). The SMILES string of the molecule is C#CC(C)(O)[C@H]1CCC2C3CC=C4C[C@@H](F)CC[C@]4(C)C3CC[C@@]21C. The summed E-state index contributed by atoms with van der Waals surface area (Å²) in [5, 5.41) is 10.8. The van der Waals surface area contributed by atoms with E-state index >= 15 is 0 Å². The summed E-state index contributed by atoms with van der Waals surface area (Å²) < 4.78 is 14.0. The lowest BCUT2D eigenvalue weighted by atomic mass is 9.47. The third kappa shape index (κ3) is 2.38. The van der Waals surface area contributed by atoms with Gasteiger partial charge in [0.2, 0.25) is 0 Å². The smallest absolute Gasteiger partial charge is 0.125 e. The van der Waals surface area contributed by atoms with E-state index in [0.29, 0.717) is 24.2 Å². The summed E-state index contributed by atoms with van der Waals surface area (Å²) in [6.07, 6.45) is 15.5. The predicted octanol–water partition coefficient (Wildman–Crippen LogP) is 5.29. The molecule has 3 fully saturated rings. The molecule has 25 heavy (non-hydrogen) atoms. The Balaban J connectivity index is 1.66. The third-order valence-corrected chi connectivity index (χ3v) is 9.01. The van der Waals surface area contributed by atoms with Gasteiger partial charge >= 0.3 is 0 Å². The van der Waals surface area contributed by atoms with Crippen LogP contribution in [0.25, 0.3) is 0 Å². The summed E-state index contributed by atoms with van der Waals surface area (Å²) in [5.74, 6) is 4.89. The van der Waals surface area contributed by atoms with E-state index in [1.165, 1.54) is 18.4 Å². The lowest BCUT2D eigenvalue weighted by Gasteiger charge is -2.58. The molecule has 0 aromatic heterocycles. The Labute approximate surface area is 152 Å².